The second kappa shape index (κ2) is 4.52. The van der Waals surface area contributed by atoms with Crippen molar-refractivity contribution in [3.8, 4) is 16.9 Å². The molecule has 0 saturated heterocycles. The lowest BCUT2D eigenvalue weighted by atomic mass is 10.0. The third kappa shape index (κ3) is 2.13. The van der Waals surface area contributed by atoms with Gasteiger partial charge in [-0.25, -0.2) is 4.39 Å². The number of aromatic hydroxyl groups is 1. The Bertz CT molecular complexity index is 773. The van der Waals surface area contributed by atoms with Crippen molar-refractivity contribution < 1.29 is 9.50 Å². The number of hydrogen-bond donors (Lipinski definition) is 1. The van der Waals surface area contributed by atoms with Crippen LogP contribution in [0.1, 0.15) is 0 Å². The summed E-state index contributed by atoms with van der Waals surface area (Å²) in [7, 11) is 0. The number of aromatic nitrogens is 1. The number of phenolic OH excluding ortho intramolecular Hbond substituents is 1. The quantitative estimate of drug-likeness (QED) is 0.713. The lowest BCUT2D eigenvalue weighted by Crippen LogP contribution is -1.85. The summed E-state index contributed by atoms with van der Waals surface area (Å²) < 4.78 is 13.2. The van der Waals surface area contributed by atoms with E-state index in [4.69, 9.17) is 11.6 Å². The Hall–Kier alpha value is -2.13. The van der Waals surface area contributed by atoms with Gasteiger partial charge in [-0.2, -0.15) is 0 Å². The molecule has 19 heavy (non-hydrogen) atoms. The van der Waals surface area contributed by atoms with Gasteiger partial charge in [0.15, 0.2) is 0 Å². The van der Waals surface area contributed by atoms with Crippen LogP contribution in [-0.2, 0) is 0 Å². The van der Waals surface area contributed by atoms with Gasteiger partial charge in [0.05, 0.1) is 10.5 Å². The smallest absolute Gasteiger partial charge is 0.145 e. The Labute approximate surface area is 114 Å². The van der Waals surface area contributed by atoms with Crippen LogP contribution in [0.15, 0.2) is 48.7 Å². The first-order chi connectivity index (χ1) is 9.15. The molecule has 2 nitrogen and oxygen atoms in total. The standard InChI is InChI=1S/C15H9ClFNO/c16-12-7-11(15(19)8-13(12)17)9-3-4-14-10(6-9)2-1-5-18-14/h1-8,19H. The second-order valence-corrected chi connectivity index (χ2v) is 4.60. The summed E-state index contributed by atoms with van der Waals surface area (Å²) in [6.45, 7) is 0. The maximum absolute atomic E-state index is 13.2. The van der Waals surface area contributed by atoms with Crippen molar-refractivity contribution in [3.63, 3.8) is 0 Å². The molecule has 0 aliphatic heterocycles. The molecule has 1 N–H and O–H groups in total. The van der Waals surface area contributed by atoms with E-state index in [-0.39, 0.29) is 10.8 Å². The first-order valence-electron chi connectivity index (χ1n) is 5.68. The highest BCUT2D eigenvalue weighted by Gasteiger charge is 2.10. The molecule has 0 saturated carbocycles. The molecule has 2 aromatic carbocycles. The Morgan fingerprint density at radius 2 is 1.95 bits per heavy atom. The van der Waals surface area contributed by atoms with Crippen LogP contribution in [0, 0.1) is 5.82 Å². The molecule has 3 rings (SSSR count). The van der Waals surface area contributed by atoms with Crippen LogP contribution in [0.5, 0.6) is 5.75 Å². The van der Waals surface area contributed by atoms with E-state index in [0.717, 1.165) is 22.5 Å². The van der Waals surface area contributed by atoms with Gasteiger partial charge in [-0.05, 0) is 29.8 Å². The molecule has 0 fully saturated rings. The van der Waals surface area contributed by atoms with Crippen molar-refractivity contribution >= 4 is 22.5 Å². The predicted molar refractivity (Wildman–Crippen MR) is 73.8 cm³/mol. The van der Waals surface area contributed by atoms with Gasteiger partial charge in [-0.15, -0.1) is 0 Å². The molecule has 1 heterocycles. The minimum Gasteiger partial charge on any atom is -0.507 e. The number of hydrogen-bond acceptors (Lipinski definition) is 2. The van der Waals surface area contributed by atoms with E-state index in [1.807, 2.05) is 30.3 Å². The lowest BCUT2D eigenvalue weighted by Gasteiger charge is -2.07. The SMILES string of the molecule is Oc1cc(F)c(Cl)cc1-c1ccc2ncccc2c1. The number of benzene rings is 2. The third-order valence-electron chi connectivity index (χ3n) is 2.95. The summed E-state index contributed by atoms with van der Waals surface area (Å²) in [4.78, 5) is 4.22. The van der Waals surface area contributed by atoms with E-state index < -0.39 is 5.82 Å². The monoisotopic (exact) mass is 273 g/mol. The zero-order chi connectivity index (χ0) is 13.4. The molecule has 4 heteroatoms. The van der Waals surface area contributed by atoms with Gasteiger partial charge in [-0.3, -0.25) is 4.98 Å². The average molecular weight is 274 g/mol. The third-order valence-corrected chi connectivity index (χ3v) is 3.24. The van der Waals surface area contributed by atoms with E-state index in [9.17, 15) is 9.50 Å². The summed E-state index contributed by atoms with van der Waals surface area (Å²) in [5, 5.41) is 10.8. The number of fused-ring (bicyclic) bond motifs is 1. The zero-order valence-corrected chi connectivity index (χ0v) is 10.5. The van der Waals surface area contributed by atoms with Crippen LogP contribution < -0.4 is 0 Å². The number of pyridine rings is 1. The van der Waals surface area contributed by atoms with Gasteiger partial charge >= 0.3 is 0 Å². The van der Waals surface area contributed by atoms with Crippen molar-refractivity contribution in [1.29, 1.82) is 0 Å². The highest BCUT2D eigenvalue weighted by atomic mass is 35.5. The van der Waals surface area contributed by atoms with Crippen molar-refractivity contribution in [2.24, 2.45) is 0 Å². The van der Waals surface area contributed by atoms with Crippen LogP contribution >= 0.6 is 11.6 Å². The summed E-state index contributed by atoms with van der Waals surface area (Å²) in [5.41, 5.74) is 2.12. The molecule has 3 aromatic rings. The zero-order valence-electron chi connectivity index (χ0n) is 9.77. The fourth-order valence-electron chi connectivity index (χ4n) is 2.01. The van der Waals surface area contributed by atoms with Crippen LogP contribution in [0.3, 0.4) is 0 Å². The molecule has 0 unspecified atom stereocenters. The van der Waals surface area contributed by atoms with E-state index in [0.29, 0.717) is 5.56 Å². The first kappa shape index (κ1) is 11.9. The van der Waals surface area contributed by atoms with E-state index in [1.54, 1.807) is 6.20 Å². The fraction of sp³-hybridized carbons (Fsp3) is 0. The molecule has 0 bridgehead atoms. The summed E-state index contributed by atoms with van der Waals surface area (Å²) in [5.74, 6) is -0.768. The van der Waals surface area contributed by atoms with Crippen molar-refractivity contribution in [2.75, 3.05) is 0 Å². The van der Waals surface area contributed by atoms with Gasteiger partial charge in [0, 0.05) is 23.2 Å². The molecular weight excluding hydrogens is 265 g/mol. The largest absolute Gasteiger partial charge is 0.507 e. The molecule has 1 aromatic heterocycles. The van der Waals surface area contributed by atoms with E-state index in [1.165, 1.54) is 6.07 Å². The summed E-state index contributed by atoms with van der Waals surface area (Å²) in [6, 6.07) is 11.7. The minimum atomic E-state index is -0.634. The Balaban J connectivity index is 2.21. The Kier molecular flexibility index (Phi) is 2.84. The molecule has 0 amide bonds. The number of halogens is 2. The van der Waals surface area contributed by atoms with Gasteiger partial charge in [0.2, 0.25) is 0 Å². The Morgan fingerprint density at radius 3 is 2.79 bits per heavy atom. The summed E-state index contributed by atoms with van der Waals surface area (Å²) >= 11 is 5.76. The van der Waals surface area contributed by atoms with Crippen LogP contribution in [0.4, 0.5) is 4.39 Å². The highest BCUT2D eigenvalue weighted by molar-refractivity contribution is 6.31. The van der Waals surface area contributed by atoms with Crippen molar-refractivity contribution in [1.82, 2.24) is 4.98 Å². The van der Waals surface area contributed by atoms with Gasteiger partial charge in [0.1, 0.15) is 11.6 Å². The normalized spacial score (nSPS) is 10.8. The molecule has 0 atom stereocenters. The van der Waals surface area contributed by atoms with Gasteiger partial charge in [-0.1, -0.05) is 23.7 Å². The van der Waals surface area contributed by atoms with Crippen LogP contribution in [0.2, 0.25) is 5.02 Å². The van der Waals surface area contributed by atoms with Crippen molar-refractivity contribution in [3.05, 3.63) is 59.5 Å². The number of phenols is 1. The van der Waals surface area contributed by atoms with Crippen LogP contribution in [-0.4, -0.2) is 10.1 Å². The molecule has 94 valence electrons. The van der Waals surface area contributed by atoms with Crippen LogP contribution in [0.25, 0.3) is 22.0 Å². The number of nitrogens with zero attached hydrogens (tertiary/aromatic N) is 1. The van der Waals surface area contributed by atoms with Gasteiger partial charge in [0.25, 0.3) is 0 Å². The molecule has 0 aliphatic rings. The van der Waals surface area contributed by atoms with Gasteiger partial charge < -0.3 is 5.11 Å². The Morgan fingerprint density at radius 1 is 1.11 bits per heavy atom. The van der Waals surface area contributed by atoms with Crippen molar-refractivity contribution in [2.45, 2.75) is 0 Å². The maximum atomic E-state index is 13.2. The second-order valence-electron chi connectivity index (χ2n) is 4.19. The molecular formula is C15H9ClFNO. The lowest BCUT2D eigenvalue weighted by molar-refractivity contribution is 0.471. The topological polar surface area (TPSA) is 33.1 Å². The average Bonchev–Trinajstić information content (AvgIpc) is 2.42. The number of rotatable bonds is 1. The molecule has 0 spiro atoms. The minimum absolute atomic E-state index is 0.0147. The molecule has 0 aliphatic carbocycles. The van der Waals surface area contributed by atoms with E-state index in [2.05, 4.69) is 4.98 Å². The molecule has 0 radical (unpaired) electrons. The summed E-state index contributed by atoms with van der Waals surface area (Å²) in [6.07, 6.45) is 1.72. The fourth-order valence-corrected chi connectivity index (χ4v) is 2.17. The highest BCUT2D eigenvalue weighted by Crippen LogP contribution is 2.34. The van der Waals surface area contributed by atoms with E-state index >= 15 is 0 Å². The first-order valence-corrected chi connectivity index (χ1v) is 6.06. The predicted octanol–water partition coefficient (Wildman–Crippen LogP) is 4.40. The maximum Gasteiger partial charge on any atom is 0.145 e.